The van der Waals surface area contributed by atoms with E-state index in [2.05, 4.69) is 20.9 Å². The van der Waals surface area contributed by atoms with Crippen molar-refractivity contribution in [2.45, 2.75) is 6.92 Å². The van der Waals surface area contributed by atoms with E-state index in [4.69, 9.17) is 5.11 Å². The van der Waals surface area contributed by atoms with E-state index in [1.54, 1.807) is 25.3 Å². The third-order valence-electron chi connectivity index (χ3n) is 1.98. The van der Waals surface area contributed by atoms with Crippen LogP contribution in [0.25, 0.3) is 0 Å². The minimum atomic E-state index is -1.03. The van der Waals surface area contributed by atoms with Crippen LogP contribution in [0.5, 0.6) is 0 Å². The first-order valence-electron chi connectivity index (χ1n) is 4.67. The number of amides is 1. The van der Waals surface area contributed by atoms with Gasteiger partial charge >= 0.3 is 5.97 Å². The molecule has 1 aromatic heterocycles. The Labute approximate surface area is 101 Å². The Morgan fingerprint density at radius 2 is 2.25 bits per heavy atom. The molecule has 86 valence electrons. The fourth-order valence-electron chi connectivity index (χ4n) is 1.21. The fraction of sp³-hybridized carbons (Fsp3) is 0.300. The number of nitrogens with zero attached hydrogens (tertiary/aromatic N) is 2. The molecule has 5 nitrogen and oxygen atoms in total. The van der Waals surface area contributed by atoms with E-state index in [-0.39, 0.29) is 12.5 Å². The summed E-state index contributed by atoms with van der Waals surface area (Å²) in [6, 6.07) is 3.23. The van der Waals surface area contributed by atoms with E-state index < -0.39 is 5.97 Å². The average molecular weight is 287 g/mol. The molecule has 1 aromatic rings. The summed E-state index contributed by atoms with van der Waals surface area (Å²) < 4.78 is 0.420. The first-order valence-corrected chi connectivity index (χ1v) is 5.47. The summed E-state index contributed by atoms with van der Waals surface area (Å²) in [5.74, 6) is -1.37. The smallest absolute Gasteiger partial charge is 0.323 e. The molecular weight excluding hydrogens is 276 g/mol. The van der Waals surface area contributed by atoms with Gasteiger partial charge in [-0.05, 0) is 35.0 Å². The van der Waals surface area contributed by atoms with Gasteiger partial charge in [-0.2, -0.15) is 0 Å². The summed E-state index contributed by atoms with van der Waals surface area (Å²) >= 11 is 3.15. The molecule has 0 aliphatic rings. The van der Waals surface area contributed by atoms with Crippen LogP contribution >= 0.6 is 15.9 Å². The van der Waals surface area contributed by atoms with Crippen molar-refractivity contribution in [2.75, 3.05) is 13.1 Å². The first kappa shape index (κ1) is 12.6. The number of pyridine rings is 1. The number of carbonyl (C=O) groups is 2. The van der Waals surface area contributed by atoms with E-state index >= 15 is 0 Å². The molecule has 1 N–H and O–H groups in total. The average Bonchev–Trinajstić information content (AvgIpc) is 2.25. The minimum Gasteiger partial charge on any atom is -0.480 e. The van der Waals surface area contributed by atoms with E-state index in [9.17, 15) is 9.59 Å². The molecule has 1 amide bonds. The lowest BCUT2D eigenvalue weighted by Crippen LogP contribution is -2.35. The van der Waals surface area contributed by atoms with Crippen molar-refractivity contribution in [1.82, 2.24) is 9.88 Å². The third-order valence-corrected chi connectivity index (χ3v) is 2.62. The van der Waals surface area contributed by atoms with Gasteiger partial charge in [-0.3, -0.25) is 9.59 Å². The van der Waals surface area contributed by atoms with Gasteiger partial charge in [-0.1, -0.05) is 0 Å². The standard InChI is InChI=1S/C10H11BrN2O3/c1-2-13(6-8(14)15)10(16)7-4-3-5-12-9(7)11/h3-5H,2,6H2,1H3,(H,14,15). The number of aliphatic carboxylic acids is 1. The van der Waals surface area contributed by atoms with Crippen LogP contribution < -0.4 is 0 Å². The minimum absolute atomic E-state index is 0.309. The van der Waals surface area contributed by atoms with Gasteiger partial charge < -0.3 is 10.0 Å². The second-order valence-electron chi connectivity index (χ2n) is 3.05. The number of rotatable bonds is 4. The van der Waals surface area contributed by atoms with Crippen molar-refractivity contribution in [3.63, 3.8) is 0 Å². The van der Waals surface area contributed by atoms with Crippen LogP contribution in [0.1, 0.15) is 17.3 Å². The van der Waals surface area contributed by atoms with Crippen molar-refractivity contribution in [1.29, 1.82) is 0 Å². The normalized spacial score (nSPS) is 9.88. The van der Waals surface area contributed by atoms with E-state index in [0.717, 1.165) is 0 Å². The molecular formula is C10H11BrN2O3. The summed E-state index contributed by atoms with van der Waals surface area (Å²) in [7, 11) is 0. The second kappa shape index (κ2) is 5.60. The molecule has 1 heterocycles. The number of likely N-dealkylation sites (N-methyl/N-ethyl adjacent to an activating group) is 1. The predicted molar refractivity (Wildman–Crippen MR) is 61.2 cm³/mol. The highest BCUT2D eigenvalue weighted by molar-refractivity contribution is 9.10. The van der Waals surface area contributed by atoms with Crippen molar-refractivity contribution < 1.29 is 14.7 Å². The highest BCUT2D eigenvalue weighted by atomic mass is 79.9. The van der Waals surface area contributed by atoms with Gasteiger partial charge in [0.15, 0.2) is 0 Å². The molecule has 0 saturated heterocycles. The number of aromatic nitrogens is 1. The second-order valence-corrected chi connectivity index (χ2v) is 3.81. The van der Waals surface area contributed by atoms with Crippen LogP contribution in [0.2, 0.25) is 0 Å². The van der Waals surface area contributed by atoms with Gasteiger partial charge in [0.2, 0.25) is 0 Å². The molecule has 1 rings (SSSR count). The Morgan fingerprint density at radius 3 is 2.75 bits per heavy atom. The molecule has 0 spiro atoms. The number of hydrogen-bond acceptors (Lipinski definition) is 3. The molecule has 0 aromatic carbocycles. The molecule has 0 saturated carbocycles. The number of halogens is 1. The number of carboxylic acids is 1. The van der Waals surface area contributed by atoms with E-state index in [1.165, 1.54) is 4.90 Å². The maximum absolute atomic E-state index is 11.9. The number of carboxylic acid groups (broad SMARTS) is 1. The topological polar surface area (TPSA) is 70.5 Å². The van der Waals surface area contributed by atoms with Crippen LogP contribution in [0.3, 0.4) is 0 Å². The van der Waals surface area contributed by atoms with Crippen molar-refractivity contribution in [2.24, 2.45) is 0 Å². The molecule has 0 bridgehead atoms. The van der Waals surface area contributed by atoms with Gasteiger partial charge in [-0.25, -0.2) is 4.98 Å². The lowest BCUT2D eigenvalue weighted by atomic mass is 10.2. The molecule has 16 heavy (non-hydrogen) atoms. The maximum atomic E-state index is 11.9. The van der Waals surface area contributed by atoms with Crippen molar-refractivity contribution >= 4 is 27.8 Å². The molecule has 0 radical (unpaired) electrons. The Balaban J connectivity index is 2.91. The lowest BCUT2D eigenvalue weighted by Gasteiger charge is -2.18. The van der Waals surface area contributed by atoms with Gasteiger partial charge in [0.05, 0.1) is 5.56 Å². The Kier molecular flexibility index (Phi) is 4.42. The number of hydrogen-bond donors (Lipinski definition) is 1. The van der Waals surface area contributed by atoms with Crippen LogP contribution in [0, 0.1) is 0 Å². The summed E-state index contributed by atoms with van der Waals surface area (Å²) in [6.45, 7) is 1.76. The Morgan fingerprint density at radius 1 is 1.56 bits per heavy atom. The number of carbonyl (C=O) groups excluding carboxylic acids is 1. The zero-order chi connectivity index (χ0) is 12.1. The highest BCUT2D eigenvalue weighted by Gasteiger charge is 2.19. The highest BCUT2D eigenvalue weighted by Crippen LogP contribution is 2.14. The van der Waals surface area contributed by atoms with Gasteiger partial charge in [-0.15, -0.1) is 0 Å². The zero-order valence-electron chi connectivity index (χ0n) is 8.68. The van der Waals surface area contributed by atoms with Crippen molar-refractivity contribution in [3.05, 3.63) is 28.5 Å². The van der Waals surface area contributed by atoms with Crippen LogP contribution in [0.4, 0.5) is 0 Å². The zero-order valence-corrected chi connectivity index (χ0v) is 10.3. The van der Waals surface area contributed by atoms with Crippen LogP contribution in [-0.4, -0.2) is 40.0 Å². The first-order chi connectivity index (χ1) is 7.56. The van der Waals surface area contributed by atoms with Crippen LogP contribution in [0.15, 0.2) is 22.9 Å². The lowest BCUT2D eigenvalue weighted by molar-refractivity contribution is -0.137. The summed E-state index contributed by atoms with van der Waals surface area (Å²) in [4.78, 5) is 27.7. The molecule has 0 unspecified atom stereocenters. The van der Waals surface area contributed by atoms with Crippen molar-refractivity contribution in [3.8, 4) is 0 Å². The molecule has 0 atom stereocenters. The summed E-state index contributed by atoms with van der Waals surface area (Å²) in [6.07, 6.45) is 1.55. The molecule has 0 aliphatic carbocycles. The molecule has 0 aliphatic heterocycles. The van der Waals surface area contributed by atoms with E-state index in [0.29, 0.717) is 16.7 Å². The Hall–Kier alpha value is -1.43. The molecule has 6 heteroatoms. The monoisotopic (exact) mass is 286 g/mol. The van der Waals surface area contributed by atoms with Gasteiger partial charge in [0.1, 0.15) is 11.1 Å². The third kappa shape index (κ3) is 3.03. The SMILES string of the molecule is CCN(CC(=O)O)C(=O)c1cccnc1Br. The molecule has 0 fully saturated rings. The summed E-state index contributed by atoms with van der Waals surface area (Å²) in [5.41, 5.74) is 0.366. The quantitative estimate of drug-likeness (QED) is 0.849. The fourth-order valence-corrected chi connectivity index (χ4v) is 1.63. The van der Waals surface area contributed by atoms with Gasteiger partial charge in [0.25, 0.3) is 5.91 Å². The maximum Gasteiger partial charge on any atom is 0.323 e. The Bertz CT molecular complexity index is 409. The van der Waals surface area contributed by atoms with Gasteiger partial charge in [0, 0.05) is 12.7 Å². The van der Waals surface area contributed by atoms with Crippen LogP contribution in [-0.2, 0) is 4.79 Å². The summed E-state index contributed by atoms with van der Waals surface area (Å²) in [5, 5.41) is 8.66. The predicted octanol–water partition coefficient (Wildman–Crippen LogP) is 1.39. The van der Waals surface area contributed by atoms with E-state index in [1.807, 2.05) is 0 Å². The largest absolute Gasteiger partial charge is 0.480 e.